The fourth-order valence-electron chi connectivity index (χ4n) is 1.10. The van der Waals surface area contributed by atoms with E-state index in [2.05, 4.69) is 23.4 Å². The molecule has 0 aliphatic heterocycles. The van der Waals surface area contributed by atoms with Crippen molar-refractivity contribution in [1.29, 1.82) is 0 Å². The maximum absolute atomic E-state index is 5.32. The summed E-state index contributed by atoms with van der Waals surface area (Å²) in [6.07, 6.45) is 5.32. The molecule has 0 fully saturated rings. The summed E-state index contributed by atoms with van der Waals surface area (Å²) in [5.74, 6) is 2.67. The van der Waals surface area contributed by atoms with Crippen molar-refractivity contribution in [3.63, 3.8) is 0 Å². The molecule has 11 heavy (non-hydrogen) atoms. The molecule has 1 heteroatoms. The summed E-state index contributed by atoms with van der Waals surface area (Å²) >= 11 is 1.63. The second-order valence-electron chi connectivity index (χ2n) is 2.30. The molecule has 0 atom stereocenters. The maximum Gasteiger partial charge on any atom is 0.0844 e. The van der Waals surface area contributed by atoms with Gasteiger partial charge >= 0.3 is 0 Å². The highest BCUT2D eigenvalue weighted by molar-refractivity contribution is 7.12. The zero-order valence-corrected chi connectivity index (χ0v) is 6.69. The molecule has 0 aliphatic rings. The minimum absolute atomic E-state index is 1.03. The van der Waals surface area contributed by atoms with Crippen LogP contribution in [0.2, 0.25) is 0 Å². The van der Waals surface area contributed by atoms with Gasteiger partial charge in [-0.2, -0.15) is 0 Å². The largest absolute Gasteiger partial charge is 0.134 e. The lowest BCUT2D eigenvalue weighted by Crippen LogP contribution is -1.65. The van der Waals surface area contributed by atoms with Crippen LogP contribution in [0.5, 0.6) is 0 Å². The van der Waals surface area contributed by atoms with Crippen LogP contribution in [0.15, 0.2) is 29.6 Å². The first-order valence-corrected chi connectivity index (χ1v) is 4.22. The summed E-state index contributed by atoms with van der Waals surface area (Å²) in [7, 11) is 0. The Hall–Kier alpha value is -1.26. The molecule has 1 aromatic heterocycles. The molecule has 0 aliphatic carbocycles. The minimum Gasteiger partial charge on any atom is -0.134 e. The van der Waals surface area contributed by atoms with Crippen molar-refractivity contribution < 1.29 is 0 Å². The summed E-state index contributed by atoms with van der Waals surface area (Å²) in [6, 6.07) is 8.17. The van der Waals surface area contributed by atoms with Crippen LogP contribution in [-0.4, -0.2) is 0 Å². The van der Waals surface area contributed by atoms with Crippen LogP contribution < -0.4 is 0 Å². The van der Waals surface area contributed by atoms with E-state index in [1.54, 1.807) is 11.3 Å². The van der Waals surface area contributed by atoms with Crippen molar-refractivity contribution in [3.8, 4) is 12.3 Å². The highest BCUT2D eigenvalue weighted by Gasteiger charge is 1.97. The Bertz CT molecular complexity index is 418. The third kappa shape index (κ3) is 0.923. The van der Waals surface area contributed by atoms with Gasteiger partial charge in [0.05, 0.1) is 4.88 Å². The summed E-state index contributed by atoms with van der Waals surface area (Å²) in [5, 5.41) is 4.52. The topological polar surface area (TPSA) is 0 Å². The summed E-state index contributed by atoms with van der Waals surface area (Å²) in [5.41, 5.74) is 0. The van der Waals surface area contributed by atoms with Crippen molar-refractivity contribution in [2.45, 2.75) is 0 Å². The summed E-state index contributed by atoms with van der Waals surface area (Å²) < 4.78 is 0. The molecule has 0 N–H and O–H groups in total. The van der Waals surface area contributed by atoms with E-state index in [4.69, 9.17) is 6.42 Å². The highest BCUT2D eigenvalue weighted by atomic mass is 32.1. The molecule has 0 amide bonds. The molecule has 0 spiro atoms. The molecular weight excluding hydrogens is 152 g/mol. The van der Waals surface area contributed by atoms with E-state index in [0.29, 0.717) is 0 Å². The molecule has 2 rings (SSSR count). The third-order valence-electron chi connectivity index (χ3n) is 1.64. The summed E-state index contributed by atoms with van der Waals surface area (Å²) in [4.78, 5) is 1.03. The zero-order valence-electron chi connectivity index (χ0n) is 5.87. The predicted octanol–water partition coefficient (Wildman–Crippen LogP) is 2.88. The average molecular weight is 158 g/mol. The SMILES string of the molecule is C#Cc1scc2ccccc12. The Morgan fingerprint density at radius 1 is 1.27 bits per heavy atom. The average Bonchev–Trinajstić information content (AvgIpc) is 2.47. The minimum atomic E-state index is 1.03. The molecule has 1 heterocycles. The van der Waals surface area contributed by atoms with Crippen LogP contribution in [0.25, 0.3) is 10.8 Å². The molecule has 0 unspecified atom stereocenters. The molecule has 2 aromatic rings. The number of benzene rings is 1. The van der Waals surface area contributed by atoms with E-state index in [9.17, 15) is 0 Å². The number of fused-ring (bicyclic) bond motifs is 1. The van der Waals surface area contributed by atoms with Gasteiger partial charge in [-0.1, -0.05) is 30.2 Å². The quantitative estimate of drug-likeness (QED) is 0.517. The van der Waals surface area contributed by atoms with Gasteiger partial charge in [0.15, 0.2) is 0 Å². The maximum atomic E-state index is 5.32. The standard InChI is InChI=1S/C10H6S/c1-2-10-9-6-4-3-5-8(9)7-11-10/h1,3-7H. The number of rotatable bonds is 0. The Morgan fingerprint density at radius 3 is 2.91 bits per heavy atom. The third-order valence-corrected chi connectivity index (χ3v) is 2.59. The molecule has 0 radical (unpaired) electrons. The fourth-order valence-corrected chi connectivity index (χ4v) is 1.94. The van der Waals surface area contributed by atoms with Crippen LogP contribution in [-0.2, 0) is 0 Å². The van der Waals surface area contributed by atoms with Crippen molar-refractivity contribution in [2.24, 2.45) is 0 Å². The van der Waals surface area contributed by atoms with Crippen molar-refractivity contribution in [1.82, 2.24) is 0 Å². The van der Waals surface area contributed by atoms with Gasteiger partial charge < -0.3 is 0 Å². The van der Waals surface area contributed by atoms with E-state index in [-0.39, 0.29) is 0 Å². The van der Waals surface area contributed by atoms with Crippen LogP contribution in [0.4, 0.5) is 0 Å². The van der Waals surface area contributed by atoms with Crippen molar-refractivity contribution in [3.05, 3.63) is 34.5 Å². The van der Waals surface area contributed by atoms with Gasteiger partial charge in [-0.3, -0.25) is 0 Å². The normalized spacial score (nSPS) is 9.73. The first kappa shape index (κ1) is 6.45. The lowest BCUT2D eigenvalue weighted by molar-refractivity contribution is 1.83. The molecule has 0 saturated carbocycles. The lowest BCUT2D eigenvalue weighted by Gasteiger charge is -1.86. The number of terminal acetylenes is 1. The smallest absolute Gasteiger partial charge is 0.0844 e. The van der Waals surface area contributed by atoms with Crippen LogP contribution in [0.3, 0.4) is 0 Å². The van der Waals surface area contributed by atoms with Crippen LogP contribution in [0, 0.1) is 12.3 Å². The Morgan fingerprint density at radius 2 is 2.09 bits per heavy atom. The van der Waals surface area contributed by atoms with E-state index in [1.807, 2.05) is 12.1 Å². The molecule has 0 nitrogen and oxygen atoms in total. The van der Waals surface area contributed by atoms with Gasteiger partial charge in [-0.15, -0.1) is 17.8 Å². The summed E-state index contributed by atoms with van der Waals surface area (Å²) in [6.45, 7) is 0. The number of hydrogen-bond acceptors (Lipinski definition) is 1. The van der Waals surface area contributed by atoms with Gasteiger partial charge in [0, 0.05) is 5.39 Å². The Balaban J connectivity index is 2.89. The monoisotopic (exact) mass is 158 g/mol. The second-order valence-corrected chi connectivity index (χ2v) is 3.18. The molecule has 0 saturated heterocycles. The van der Waals surface area contributed by atoms with Crippen LogP contribution in [0.1, 0.15) is 4.88 Å². The van der Waals surface area contributed by atoms with E-state index < -0.39 is 0 Å². The highest BCUT2D eigenvalue weighted by Crippen LogP contribution is 2.23. The first-order valence-electron chi connectivity index (χ1n) is 3.34. The van der Waals surface area contributed by atoms with Gasteiger partial charge in [0.1, 0.15) is 0 Å². The predicted molar refractivity (Wildman–Crippen MR) is 49.8 cm³/mol. The molecule has 52 valence electrons. The van der Waals surface area contributed by atoms with Crippen molar-refractivity contribution in [2.75, 3.05) is 0 Å². The molecule has 0 bridgehead atoms. The molecule has 1 aromatic carbocycles. The number of hydrogen-bond donors (Lipinski definition) is 0. The Kier molecular flexibility index (Phi) is 1.41. The molecular formula is C10H6S. The lowest BCUT2D eigenvalue weighted by atomic mass is 10.2. The van der Waals surface area contributed by atoms with Crippen LogP contribution >= 0.6 is 11.3 Å². The van der Waals surface area contributed by atoms with E-state index in [0.717, 1.165) is 4.88 Å². The number of thiophene rings is 1. The van der Waals surface area contributed by atoms with E-state index in [1.165, 1.54) is 10.8 Å². The van der Waals surface area contributed by atoms with Gasteiger partial charge in [0.2, 0.25) is 0 Å². The van der Waals surface area contributed by atoms with E-state index >= 15 is 0 Å². The fraction of sp³-hybridized carbons (Fsp3) is 0. The Labute approximate surface area is 69.5 Å². The second kappa shape index (κ2) is 2.41. The van der Waals surface area contributed by atoms with Crippen molar-refractivity contribution >= 4 is 22.1 Å². The van der Waals surface area contributed by atoms with Gasteiger partial charge in [-0.05, 0) is 10.8 Å². The van der Waals surface area contributed by atoms with Gasteiger partial charge in [0.25, 0.3) is 0 Å². The zero-order chi connectivity index (χ0) is 7.68. The van der Waals surface area contributed by atoms with Gasteiger partial charge in [-0.25, -0.2) is 0 Å². The first-order chi connectivity index (χ1) is 5.42.